The van der Waals surface area contributed by atoms with Crippen molar-refractivity contribution in [3.63, 3.8) is 0 Å². The van der Waals surface area contributed by atoms with E-state index in [0.29, 0.717) is 5.92 Å². The molecule has 2 aromatic rings. The van der Waals surface area contributed by atoms with E-state index in [-0.39, 0.29) is 0 Å². The van der Waals surface area contributed by atoms with E-state index in [9.17, 15) is 0 Å². The first-order chi connectivity index (χ1) is 9.42. The molecule has 1 aliphatic rings. The van der Waals surface area contributed by atoms with Crippen LogP contribution in [0.4, 0.5) is 0 Å². The molecule has 1 heterocycles. The third-order valence-electron chi connectivity index (χ3n) is 3.61. The maximum Gasteiger partial charge on any atom is 0.119 e. The molecule has 0 aliphatic carbocycles. The van der Waals surface area contributed by atoms with Crippen LogP contribution in [-0.4, -0.2) is 19.7 Å². The Bertz CT molecular complexity index is 501. The van der Waals surface area contributed by atoms with Crippen molar-refractivity contribution in [2.75, 3.05) is 19.7 Å². The highest BCUT2D eigenvalue weighted by molar-refractivity contribution is 5.63. The molecule has 0 spiro atoms. The van der Waals surface area contributed by atoms with Gasteiger partial charge in [0.15, 0.2) is 0 Å². The van der Waals surface area contributed by atoms with Gasteiger partial charge in [0.2, 0.25) is 0 Å². The summed E-state index contributed by atoms with van der Waals surface area (Å²) in [6.45, 7) is 3.03. The van der Waals surface area contributed by atoms with Crippen LogP contribution in [0.25, 0.3) is 11.1 Å². The maximum atomic E-state index is 5.84. The predicted molar refractivity (Wildman–Crippen MR) is 78.3 cm³/mol. The zero-order valence-corrected chi connectivity index (χ0v) is 11.0. The van der Waals surface area contributed by atoms with Crippen LogP contribution in [0.1, 0.15) is 6.42 Å². The molecular weight excluding hydrogens is 234 g/mol. The Kier molecular flexibility index (Phi) is 3.80. The average molecular weight is 253 g/mol. The number of hydrogen-bond donors (Lipinski definition) is 1. The van der Waals surface area contributed by atoms with Gasteiger partial charge in [0, 0.05) is 12.5 Å². The van der Waals surface area contributed by atoms with Gasteiger partial charge in [-0.1, -0.05) is 42.5 Å². The summed E-state index contributed by atoms with van der Waals surface area (Å²) in [6, 6.07) is 18.8. The van der Waals surface area contributed by atoms with Gasteiger partial charge >= 0.3 is 0 Å². The van der Waals surface area contributed by atoms with Crippen molar-refractivity contribution in [3.8, 4) is 16.9 Å². The average Bonchev–Trinajstić information content (AvgIpc) is 3.00. The molecule has 1 saturated heterocycles. The smallest absolute Gasteiger partial charge is 0.119 e. The summed E-state index contributed by atoms with van der Waals surface area (Å²) < 4.78 is 5.84. The van der Waals surface area contributed by atoms with Crippen LogP contribution >= 0.6 is 0 Å². The lowest BCUT2D eigenvalue weighted by molar-refractivity contribution is 0.260. The third-order valence-corrected chi connectivity index (χ3v) is 3.61. The quantitative estimate of drug-likeness (QED) is 0.902. The second-order valence-electron chi connectivity index (χ2n) is 5.06. The zero-order chi connectivity index (χ0) is 12.9. The molecular formula is C17H19NO. The summed E-state index contributed by atoms with van der Waals surface area (Å²) in [5.74, 6) is 1.63. The molecule has 1 N–H and O–H groups in total. The van der Waals surface area contributed by atoms with E-state index in [4.69, 9.17) is 4.74 Å². The first-order valence-electron chi connectivity index (χ1n) is 6.91. The molecule has 1 atom stereocenters. The summed E-state index contributed by atoms with van der Waals surface area (Å²) >= 11 is 0. The van der Waals surface area contributed by atoms with Gasteiger partial charge in [0.05, 0.1) is 6.61 Å². The van der Waals surface area contributed by atoms with Crippen LogP contribution in [0.5, 0.6) is 5.75 Å². The fraction of sp³-hybridized carbons (Fsp3) is 0.294. The van der Waals surface area contributed by atoms with Gasteiger partial charge in [-0.25, -0.2) is 0 Å². The van der Waals surface area contributed by atoms with Crippen molar-refractivity contribution < 1.29 is 4.74 Å². The highest BCUT2D eigenvalue weighted by atomic mass is 16.5. The van der Waals surface area contributed by atoms with E-state index in [1.807, 2.05) is 6.07 Å². The maximum absolute atomic E-state index is 5.84. The Hall–Kier alpha value is -1.80. The van der Waals surface area contributed by atoms with Gasteiger partial charge in [-0.15, -0.1) is 0 Å². The SMILES string of the molecule is c1ccc(-c2ccc(OC[C@H]3CCNC3)cc2)cc1. The van der Waals surface area contributed by atoms with Crippen molar-refractivity contribution in [1.29, 1.82) is 0 Å². The second-order valence-corrected chi connectivity index (χ2v) is 5.06. The van der Waals surface area contributed by atoms with Gasteiger partial charge in [0.1, 0.15) is 5.75 Å². The first-order valence-corrected chi connectivity index (χ1v) is 6.91. The molecule has 19 heavy (non-hydrogen) atoms. The van der Waals surface area contributed by atoms with E-state index in [0.717, 1.165) is 25.4 Å². The van der Waals surface area contributed by atoms with Gasteiger partial charge in [0.25, 0.3) is 0 Å². The molecule has 2 nitrogen and oxygen atoms in total. The minimum absolute atomic E-state index is 0.661. The molecule has 98 valence electrons. The van der Waals surface area contributed by atoms with Crippen LogP contribution in [0.3, 0.4) is 0 Å². The first kappa shape index (κ1) is 12.2. The van der Waals surface area contributed by atoms with Crippen LogP contribution < -0.4 is 10.1 Å². The highest BCUT2D eigenvalue weighted by Crippen LogP contribution is 2.22. The summed E-state index contributed by atoms with van der Waals surface area (Å²) in [5, 5.41) is 3.36. The van der Waals surface area contributed by atoms with E-state index >= 15 is 0 Å². The minimum atomic E-state index is 0.661. The van der Waals surface area contributed by atoms with Crippen molar-refractivity contribution in [1.82, 2.24) is 5.32 Å². The molecule has 0 unspecified atom stereocenters. The molecule has 0 radical (unpaired) electrons. The Balaban J connectivity index is 1.62. The Morgan fingerprint density at radius 3 is 2.37 bits per heavy atom. The van der Waals surface area contributed by atoms with Crippen LogP contribution in [-0.2, 0) is 0 Å². The zero-order valence-electron chi connectivity index (χ0n) is 11.0. The minimum Gasteiger partial charge on any atom is -0.493 e. The normalized spacial score (nSPS) is 18.4. The van der Waals surface area contributed by atoms with Crippen molar-refractivity contribution in [3.05, 3.63) is 54.6 Å². The van der Waals surface area contributed by atoms with E-state index in [1.54, 1.807) is 0 Å². The molecule has 1 fully saturated rings. The van der Waals surface area contributed by atoms with Crippen LogP contribution in [0.15, 0.2) is 54.6 Å². The molecule has 3 rings (SSSR count). The molecule has 0 bridgehead atoms. The van der Waals surface area contributed by atoms with Gasteiger partial charge in [-0.3, -0.25) is 0 Å². The number of rotatable bonds is 4. The lowest BCUT2D eigenvalue weighted by Gasteiger charge is -2.11. The van der Waals surface area contributed by atoms with Crippen LogP contribution in [0, 0.1) is 5.92 Å². The lowest BCUT2D eigenvalue weighted by Crippen LogP contribution is -2.15. The molecule has 0 saturated carbocycles. The Morgan fingerprint density at radius 1 is 0.947 bits per heavy atom. The van der Waals surface area contributed by atoms with Gasteiger partial charge in [-0.2, -0.15) is 0 Å². The largest absolute Gasteiger partial charge is 0.493 e. The Morgan fingerprint density at radius 2 is 1.68 bits per heavy atom. The lowest BCUT2D eigenvalue weighted by atomic mass is 10.1. The van der Waals surface area contributed by atoms with Gasteiger partial charge < -0.3 is 10.1 Å². The number of hydrogen-bond acceptors (Lipinski definition) is 2. The molecule has 0 amide bonds. The summed E-state index contributed by atoms with van der Waals surface area (Å²) in [5.41, 5.74) is 2.48. The highest BCUT2D eigenvalue weighted by Gasteiger charge is 2.14. The summed E-state index contributed by atoms with van der Waals surface area (Å²) in [7, 11) is 0. The topological polar surface area (TPSA) is 21.3 Å². The molecule has 2 aromatic carbocycles. The van der Waals surface area contributed by atoms with Crippen molar-refractivity contribution in [2.24, 2.45) is 5.92 Å². The summed E-state index contributed by atoms with van der Waals surface area (Å²) in [6.07, 6.45) is 1.22. The standard InChI is InChI=1S/C17H19NO/c1-2-4-15(5-3-1)16-6-8-17(9-7-16)19-13-14-10-11-18-12-14/h1-9,14,18H,10-13H2/t14-/m0/s1. The van der Waals surface area contributed by atoms with Crippen molar-refractivity contribution >= 4 is 0 Å². The molecule has 0 aromatic heterocycles. The van der Waals surface area contributed by atoms with Crippen molar-refractivity contribution in [2.45, 2.75) is 6.42 Å². The number of ether oxygens (including phenoxy) is 1. The Labute approximate surface area is 114 Å². The van der Waals surface area contributed by atoms with Gasteiger partial charge in [-0.05, 0) is 36.2 Å². The van der Waals surface area contributed by atoms with E-state index in [1.165, 1.54) is 17.5 Å². The number of benzene rings is 2. The second kappa shape index (κ2) is 5.89. The third kappa shape index (κ3) is 3.15. The van der Waals surface area contributed by atoms with E-state index in [2.05, 4.69) is 53.8 Å². The van der Waals surface area contributed by atoms with Crippen LogP contribution in [0.2, 0.25) is 0 Å². The monoisotopic (exact) mass is 253 g/mol. The fourth-order valence-electron chi connectivity index (χ4n) is 2.44. The summed E-state index contributed by atoms with van der Waals surface area (Å²) in [4.78, 5) is 0. The molecule has 2 heteroatoms. The van der Waals surface area contributed by atoms with E-state index < -0.39 is 0 Å². The number of nitrogens with one attached hydrogen (secondary N) is 1. The predicted octanol–water partition coefficient (Wildman–Crippen LogP) is 3.34. The fourth-order valence-corrected chi connectivity index (χ4v) is 2.44. The molecule has 1 aliphatic heterocycles.